The summed E-state index contributed by atoms with van der Waals surface area (Å²) < 4.78 is 20.3. The van der Waals surface area contributed by atoms with Crippen molar-refractivity contribution in [2.45, 2.75) is 29.8 Å². The molecule has 0 saturated carbocycles. The summed E-state index contributed by atoms with van der Waals surface area (Å²) in [6.45, 7) is 5.12. The molecule has 33 heavy (non-hydrogen) atoms. The number of carbonyl (C=O) groups excluding carboxylic acids is 1. The van der Waals surface area contributed by atoms with Crippen LogP contribution in [-0.2, 0) is 6.42 Å². The molecule has 2 aliphatic rings. The van der Waals surface area contributed by atoms with Gasteiger partial charge in [0.25, 0.3) is 5.91 Å². The van der Waals surface area contributed by atoms with Crippen LogP contribution in [0.25, 0.3) is 0 Å². The van der Waals surface area contributed by atoms with Gasteiger partial charge in [0.15, 0.2) is 11.0 Å². The number of benzene rings is 2. The molecule has 0 amide bonds. The predicted octanol–water partition coefficient (Wildman–Crippen LogP) is 3.67. The molecule has 0 N–H and O–H groups in total. The van der Waals surface area contributed by atoms with E-state index in [1.54, 1.807) is 7.11 Å². The zero-order valence-electron chi connectivity index (χ0n) is 18.6. The summed E-state index contributed by atoms with van der Waals surface area (Å²) >= 11 is 1.49. The van der Waals surface area contributed by atoms with E-state index in [4.69, 9.17) is 4.74 Å². The van der Waals surface area contributed by atoms with Crippen LogP contribution in [0.15, 0.2) is 53.7 Å². The van der Waals surface area contributed by atoms with Gasteiger partial charge >= 0.3 is 0 Å². The first-order chi connectivity index (χ1) is 16.1. The zero-order chi connectivity index (χ0) is 22.9. The number of carbonyl (C=O) groups is 1. The predicted molar refractivity (Wildman–Crippen MR) is 126 cm³/mol. The SMILES string of the molecule is CCc1nc2n(n1)C(=O)C(C(c1cccc(OC)c1)N1CCN(c3ccc(F)cc3)CC1)S2. The molecule has 2 unspecified atom stereocenters. The first-order valence-electron chi connectivity index (χ1n) is 11.1. The first-order valence-corrected chi connectivity index (χ1v) is 12.0. The fraction of sp³-hybridized carbons (Fsp3) is 0.375. The normalized spacial score (nSPS) is 19.5. The molecule has 3 aromatic rings. The lowest BCUT2D eigenvalue weighted by Crippen LogP contribution is -2.50. The van der Waals surface area contributed by atoms with Crippen molar-refractivity contribution in [3.63, 3.8) is 0 Å². The van der Waals surface area contributed by atoms with Crippen molar-refractivity contribution in [3.05, 3.63) is 65.7 Å². The largest absolute Gasteiger partial charge is 0.497 e. The second-order valence-electron chi connectivity index (χ2n) is 8.17. The van der Waals surface area contributed by atoms with Crippen LogP contribution in [0, 0.1) is 5.82 Å². The number of hydrogen-bond acceptors (Lipinski definition) is 7. The molecular formula is C24H26FN5O2S. The lowest BCUT2D eigenvalue weighted by molar-refractivity contribution is 0.0829. The van der Waals surface area contributed by atoms with Gasteiger partial charge in [0.2, 0.25) is 0 Å². The Labute approximate surface area is 196 Å². The van der Waals surface area contributed by atoms with E-state index in [1.807, 2.05) is 37.3 Å². The number of rotatable bonds is 6. The van der Waals surface area contributed by atoms with Crippen LogP contribution < -0.4 is 9.64 Å². The van der Waals surface area contributed by atoms with Crippen molar-refractivity contribution in [1.82, 2.24) is 19.7 Å². The van der Waals surface area contributed by atoms with Gasteiger partial charge in [0.1, 0.15) is 16.8 Å². The number of thioether (sulfide) groups is 1. The molecule has 1 saturated heterocycles. The topological polar surface area (TPSA) is 63.5 Å². The molecule has 7 nitrogen and oxygen atoms in total. The zero-order valence-corrected chi connectivity index (χ0v) is 19.5. The van der Waals surface area contributed by atoms with E-state index in [9.17, 15) is 9.18 Å². The van der Waals surface area contributed by atoms with Crippen molar-refractivity contribution in [3.8, 4) is 5.75 Å². The third-order valence-electron chi connectivity index (χ3n) is 6.24. The van der Waals surface area contributed by atoms with E-state index in [0.717, 1.165) is 43.2 Å². The maximum atomic E-state index is 13.4. The lowest BCUT2D eigenvalue weighted by Gasteiger charge is -2.41. The van der Waals surface area contributed by atoms with Gasteiger partial charge in [-0.05, 0) is 42.0 Å². The van der Waals surface area contributed by atoms with Crippen LogP contribution in [0.5, 0.6) is 5.75 Å². The van der Waals surface area contributed by atoms with Gasteiger partial charge in [-0.25, -0.2) is 9.37 Å². The van der Waals surface area contributed by atoms with E-state index in [2.05, 4.69) is 25.9 Å². The van der Waals surface area contributed by atoms with Gasteiger partial charge in [-0.2, -0.15) is 4.68 Å². The quantitative estimate of drug-likeness (QED) is 0.548. The van der Waals surface area contributed by atoms with Crippen LogP contribution in [0.1, 0.15) is 29.1 Å². The smallest absolute Gasteiger partial charge is 0.264 e. The van der Waals surface area contributed by atoms with Gasteiger partial charge in [-0.1, -0.05) is 30.8 Å². The van der Waals surface area contributed by atoms with Crippen LogP contribution in [-0.4, -0.2) is 64.1 Å². The third kappa shape index (κ3) is 4.22. The molecule has 0 aliphatic carbocycles. The van der Waals surface area contributed by atoms with Crippen LogP contribution in [0.2, 0.25) is 0 Å². The Morgan fingerprint density at radius 3 is 2.58 bits per heavy atom. The molecule has 9 heteroatoms. The number of ether oxygens (including phenoxy) is 1. The van der Waals surface area contributed by atoms with Crippen molar-refractivity contribution < 1.29 is 13.9 Å². The lowest BCUT2D eigenvalue weighted by atomic mass is 9.99. The molecule has 5 rings (SSSR count). The average molecular weight is 468 g/mol. The van der Waals surface area contributed by atoms with E-state index < -0.39 is 0 Å². The summed E-state index contributed by atoms with van der Waals surface area (Å²) in [5, 5.41) is 4.74. The summed E-state index contributed by atoms with van der Waals surface area (Å²) in [6.07, 6.45) is 0.698. The van der Waals surface area contributed by atoms with Crippen LogP contribution in [0.4, 0.5) is 10.1 Å². The summed E-state index contributed by atoms with van der Waals surface area (Å²) in [7, 11) is 1.65. The Balaban J connectivity index is 1.41. The minimum Gasteiger partial charge on any atom is -0.497 e. The maximum Gasteiger partial charge on any atom is 0.264 e. The van der Waals surface area contributed by atoms with E-state index in [0.29, 0.717) is 17.4 Å². The molecular weight excluding hydrogens is 441 g/mol. The second-order valence-corrected chi connectivity index (χ2v) is 9.28. The van der Waals surface area contributed by atoms with Crippen molar-refractivity contribution >= 4 is 23.4 Å². The molecule has 2 atom stereocenters. The molecule has 1 aromatic heterocycles. The van der Waals surface area contributed by atoms with Crippen LogP contribution >= 0.6 is 11.8 Å². The highest BCUT2D eigenvalue weighted by Gasteiger charge is 2.43. The Morgan fingerprint density at radius 1 is 1.15 bits per heavy atom. The Hall–Kier alpha value is -2.91. The number of aryl methyl sites for hydroxylation is 1. The summed E-state index contributed by atoms with van der Waals surface area (Å²) in [5.74, 6) is 1.19. The Bertz CT molecular complexity index is 1140. The molecule has 2 aliphatic heterocycles. The van der Waals surface area contributed by atoms with Gasteiger partial charge in [0.05, 0.1) is 13.2 Å². The number of nitrogens with zero attached hydrogens (tertiary/aromatic N) is 5. The molecule has 172 valence electrons. The van der Waals surface area contributed by atoms with Crippen LogP contribution in [0.3, 0.4) is 0 Å². The van der Waals surface area contributed by atoms with Crippen molar-refractivity contribution in [2.24, 2.45) is 0 Å². The maximum absolute atomic E-state index is 13.4. The minimum absolute atomic E-state index is 0.0315. The molecule has 0 radical (unpaired) electrons. The highest BCUT2D eigenvalue weighted by atomic mass is 32.2. The van der Waals surface area contributed by atoms with E-state index in [1.165, 1.54) is 28.6 Å². The Morgan fingerprint density at radius 2 is 1.91 bits per heavy atom. The number of fused-ring (bicyclic) bond motifs is 1. The van der Waals surface area contributed by atoms with Gasteiger partial charge in [-0.3, -0.25) is 9.69 Å². The molecule has 3 heterocycles. The average Bonchev–Trinajstić information content (AvgIpc) is 3.39. The first kappa shape index (κ1) is 21.9. The summed E-state index contributed by atoms with van der Waals surface area (Å²) in [6, 6.07) is 14.4. The number of piperazine rings is 1. The molecule has 0 spiro atoms. The summed E-state index contributed by atoms with van der Waals surface area (Å²) in [4.78, 5) is 22.5. The second kappa shape index (κ2) is 9.15. The van der Waals surface area contributed by atoms with Crippen molar-refractivity contribution in [1.29, 1.82) is 0 Å². The minimum atomic E-state index is -0.338. The fourth-order valence-electron chi connectivity index (χ4n) is 4.50. The van der Waals surface area contributed by atoms with Gasteiger partial charge in [0, 0.05) is 38.3 Å². The number of methoxy groups -OCH3 is 1. The molecule has 1 fully saturated rings. The highest BCUT2D eigenvalue weighted by Crippen LogP contribution is 2.42. The van der Waals surface area contributed by atoms with Gasteiger partial charge < -0.3 is 9.64 Å². The summed E-state index contributed by atoms with van der Waals surface area (Å²) in [5.41, 5.74) is 2.05. The van der Waals surface area contributed by atoms with Gasteiger partial charge in [-0.15, -0.1) is 5.10 Å². The monoisotopic (exact) mass is 467 g/mol. The number of hydrogen-bond donors (Lipinski definition) is 0. The third-order valence-corrected chi connectivity index (χ3v) is 7.43. The fourth-order valence-corrected chi connectivity index (χ4v) is 5.78. The molecule has 0 bridgehead atoms. The number of aromatic nitrogens is 3. The van der Waals surface area contributed by atoms with Crippen molar-refractivity contribution in [2.75, 3.05) is 38.2 Å². The molecule has 2 aromatic carbocycles. The highest BCUT2D eigenvalue weighted by molar-refractivity contribution is 8.00. The van der Waals surface area contributed by atoms with E-state index >= 15 is 0 Å². The number of halogens is 1. The standard InChI is InChI=1S/C24H26FN5O2S/c1-3-20-26-24-30(27-20)23(31)22(33-24)21(16-5-4-6-19(15-16)32-2)29-13-11-28(12-14-29)18-9-7-17(25)8-10-18/h4-10,15,21-22H,3,11-14H2,1-2H3. The number of anilines is 1. The van der Waals surface area contributed by atoms with E-state index in [-0.39, 0.29) is 23.0 Å². The Kier molecular flexibility index (Phi) is 6.07.